The Kier molecular flexibility index (Phi) is 5.49. The number of rotatable bonds is 7. The molecule has 2 heterocycles. The lowest BCUT2D eigenvalue weighted by molar-refractivity contribution is -0.127. The van der Waals surface area contributed by atoms with Crippen LogP contribution in [0.15, 0.2) is 24.3 Å². The minimum absolute atomic E-state index is 0.187. The molecule has 2 amide bonds. The Labute approximate surface area is 149 Å². The first kappa shape index (κ1) is 17.2. The minimum atomic E-state index is -0.321. The van der Waals surface area contributed by atoms with Crippen LogP contribution in [0.3, 0.4) is 0 Å². The number of hydrogen-bond acceptors (Lipinski definition) is 5. The van der Waals surface area contributed by atoms with Crippen LogP contribution in [0.2, 0.25) is 5.02 Å². The van der Waals surface area contributed by atoms with Crippen LogP contribution in [-0.2, 0) is 4.79 Å². The van der Waals surface area contributed by atoms with E-state index in [1.807, 2.05) is 4.90 Å². The molecule has 9 heteroatoms. The maximum Gasteiger partial charge on any atom is 0.275 e. The Bertz CT molecular complexity index is 745. The molecule has 8 nitrogen and oxygen atoms in total. The number of nitrogens with one attached hydrogen (secondary N) is 3. The highest BCUT2D eigenvalue weighted by atomic mass is 35.5. The van der Waals surface area contributed by atoms with Gasteiger partial charge in [-0.25, -0.2) is 0 Å². The third-order valence-electron chi connectivity index (χ3n) is 3.93. The predicted molar refractivity (Wildman–Crippen MR) is 93.9 cm³/mol. The summed E-state index contributed by atoms with van der Waals surface area (Å²) in [6.07, 6.45) is 2.25. The van der Waals surface area contributed by atoms with Gasteiger partial charge in [-0.05, 0) is 37.1 Å². The van der Waals surface area contributed by atoms with Crippen molar-refractivity contribution in [3.8, 4) is 0 Å². The summed E-state index contributed by atoms with van der Waals surface area (Å²) >= 11 is 5.85. The number of anilines is 2. The normalized spacial score (nSPS) is 14.0. The maximum atomic E-state index is 12.3. The second kappa shape index (κ2) is 7.98. The molecule has 1 aromatic carbocycles. The number of carbonyl (C=O) groups excluding carboxylic acids is 2. The SMILES string of the molecule is O=C(NCCCN1CCCC1=O)c1n[nH]nc1Nc1ccc(Cl)cc1. The van der Waals surface area contributed by atoms with Gasteiger partial charge in [0.15, 0.2) is 11.5 Å². The van der Waals surface area contributed by atoms with E-state index in [-0.39, 0.29) is 17.5 Å². The van der Waals surface area contributed by atoms with Gasteiger partial charge in [-0.1, -0.05) is 11.6 Å². The fraction of sp³-hybridized carbons (Fsp3) is 0.375. The zero-order valence-electron chi connectivity index (χ0n) is 13.6. The van der Waals surface area contributed by atoms with Gasteiger partial charge in [-0.15, -0.1) is 10.2 Å². The molecule has 1 fully saturated rings. The molecule has 1 aliphatic rings. The second-order valence-electron chi connectivity index (χ2n) is 5.75. The van der Waals surface area contributed by atoms with Crippen LogP contribution < -0.4 is 10.6 Å². The standard InChI is InChI=1S/C16H19ClN6O2/c17-11-4-6-12(7-5-11)19-15-14(20-22-21-15)16(25)18-8-2-10-23-9-1-3-13(23)24/h4-7H,1-3,8-10H2,(H,18,25)(H2,19,20,21,22). The third-order valence-corrected chi connectivity index (χ3v) is 4.18. The molecule has 1 aliphatic heterocycles. The van der Waals surface area contributed by atoms with E-state index in [4.69, 9.17) is 11.6 Å². The van der Waals surface area contributed by atoms with Crippen molar-refractivity contribution < 1.29 is 9.59 Å². The van der Waals surface area contributed by atoms with Crippen molar-refractivity contribution in [1.29, 1.82) is 0 Å². The number of amides is 2. The first-order valence-corrected chi connectivity index (χ1v) is 8.50. The van der Waals surface area contributed by atoms with Gasteiger partial charge in [0, 0.05) is 36.8 Å². The van der Waals surface area contributed by atoms with Crippen LogP contribution >= 0.6 is 11.6 Å². The molecule has 0 spiro atoms. The number of halogens is 1. The Morgan fingerprint density at radius 1 is 1.28 bits per heavy atom. The number of benzene rings is 1. The quantitative estimate of drug-likeness (QED) is 0.653. The van der Waals surface area contributed by atoms with Crippen molar-refractivity contribution in [2.45, 2.75) is 19.3 Å². The molecule has 132 valence electrons. The van der Waals surface area contributed by atoms with Crippen LogP contribution in [0.25, 0.3) is 0 Å². The van der Waals surface area contributed by atoms with E-state index in [1.54, 1.807) is 24.3 Å². The number of aromatic amines is 1. The van der Waals surface area contributed by atoms with E-state index >= 15 is 0 Å². The van der Waals surface area contributed by atoms with E-state index in [9.17, 15) is 9.59 Å². The number of hydrogen-bond donors (Lipinski definition) is 3. The number of H-pyrrole nitrogens is 1. The molecule has 0 saturated carbocycles. The number of likely N-dealkylation sites (tertiary alicyclic amines) is 1. The highest BCUT2D eigenvalue weighted by Crippen LogP contribution is 2.19. The molecule has 0 unspecified atom stereocenters. The zero-order chi connectivity index (χ0) is 17.6. The van der Waals surface area contributed by atoms with Crippen molar-refractivity contribution >= 4 is 34.9 Å². The fourth-order valence-electron chi connectivity index (χ4n) is 2.64. The van der Waals surface area contributed by atoms with Gasteiger partial charge >= 0.3 is 0 Å². The van der Waals surface area contributed by atoms with Crippen LogP contribution in [0.1, 0.15) is 29.8 Å². The van der Waals surface area contributed by atoms with Crippen LogP contribution in [-0.4, -0.2) is 51.8 Å². The fourth-order valence-corrected chi connectivity index (χ4v) is 2.77. The van der Waals surface area contributed by atoms with Crippen LogP contribution in [0.4, 0.5) is 11.5 Å². The highest BCUT2D eigenvalue weighted by Gasteiger charge is 2.20. The average Bonchev–Trinajstić information content (AvgIpc) is 3.23. The lowest BCUT2D eigenvalue weighted by Crippen LogP contribution is -2.31. The Morgan fingerprint density at radius 2 is 2.08 bits per heavy atom. The molecule has 1 saturated heterocycles. The molecule has 0 atom stereocenters. The summed E-state index contributed by atoms with van der Waals surface area (Å²) in [5, 5.41) is 16.8. The highest BCUT2D eigenvalue weighted by molar-refractivity contribution is 6.30. The molecule has 3 rings (SSSR count). The van der Waals surface area contributed by atoms with Gasteiger partial charge in [-0.3, -0.25) is 9.59 Å². The van der Waals surface area contributed by atoms with Crippen LogP contribution in [0, 0.1) is 0 Å². The van der Waals surface area contributed by atoms with Gasteiger partial charge in [-0.2, -0.15) is 5.21 Å². The second-order valence-corrected chi connectivity index (χ2v) is 6.18. The summed E-state index contributed by atoms with van der Waals surface area (Å²) in [5.74, 6) is 0.213. The van der Waals surface area contributed by atoms with Crippen molar-refractivity contribution in [2.24, 2.45) is 0 Å². The largest absolute Gasteiger partial charge is 0.350 e. The summed E-state index contributed by atoms with van der Waals surface area (Å²) in [6, 6.07) is 7.05. The summed E-state index contributed by atoms with van der Waals surface area (Å²) in [4.78, 5) is 25.6. The van der Waals surface area contributed by atoms with E-state index in [2.05, 4.69) is 26.0 Å². The maximum absolute atomic E-state index is 12.3. The number of carbonyl (C=O) groups is 2. The molecular formula is C16H19ClN6O2. The topological polar surface area (TPSA) is 103 Å². The molecule has 25 heavy (non-hydrogen) atoms. The molecule has 2 aromatic rings. The Hall–Kier alpha value is -2.61. The smallest absolute Gasteiger partial charge is 0.275 e. The summed E-state index contributed by atoms with van der Waals surface area (Å²) in [5.41, 5.74) is 0.937. The average molecular weight is 363 g/mol. The van der Waals surface area contributed by atoms with Crippen molar-refractivity contribution in [2.75, 3.05) is 25.0 Å². The molecular weight excluding hydrogens is 344 g/mol. The summed E-state index contributed by atoms with van der Waals surface area (Å²) < 4.78 is 0. The van der Waals surface area contributed by atoms with E-state index in [0.717, 1.165) is 18.7 Å². The molecule has 3 N–H and O–H groups in total. The monoisotopic (exact) mass is 362 g/mol. The first-order chi connectivity index (χ1) is 12.1. The first-order valence-electron chi connectivity index (χ1n) is 8.13. The molecule has 0 radical (unpaired) electrons. The van der Waals surface area contributed by atoms with Crippen molar-refractivity contribution in [1.82, 2.24) is 25.6 Å². The van der Waals surface area contributed by atoms with E-state index in [0.29, 0.717) is 36.8 Å². The number of nitrogens with zero attached hydrogens (tertiary/aromatic N) is 3. The van der Waals surface area contributed by atoms with Gasteiger partial charge in [0.1, 0.15) is 0 Å². The van der Waals surface area contributed by atoms with Crippen molar-refractivity contribution in [3.63, 3.8) is 0 Å². The van der Waals surface area contributed by atoms with Gasteiger partial charge in [0.05, 0.1) is 0 Å². The molecule has 0 aliphatic carbocycles. The van der Waals surface area contributed by atoms with E-state index in [1.165, 1.54) is 0 Å². The van der Waals surface area contributed by atoms with Gasteiger partial charge in [0.25, 0.3) is 5.91 Å². The Morgan fingerprint density at radius 3 is 2.80 bits per heavy atom. The lowest BCUT2D eigenvalue weighted by Gasteiger charge is -2.15. The molecule has 1 aromatic heterocycles. The van der Waals surface area contributed by atoms with Crippen molar-refractivity contribution in [3.05, 3.63) is 35.0 Å². The third kappa shape index (κ3) is 4.48. The summed E-state index contributed by atoms with van der Waals surface area (Å²) in [7, 11) is 0. The van der Waals surface area contributed by atoms with Crippen LogP contribution in [0.5, 0.6) is 0 Å². The predicted octanol–water partition coefficient (Wildman–Crippen LogP) is 1.94. The van der Waals surface area contributed by atoms with Gasteiger partial charge in [0.2, 0.25) is 5.91 Å². The molecule has 0 bridgehead atoms. The lowest BCUT2D eigenvalue weighted by atomic mass is 10.3. The number of aromatic nitrogens is 3. The Balaban J connectivity index is 1.50. The van der Waals surface area contributed by atoms with Gasteiger partial charge < -0.3 is 15.5 Å². The zero-order valence-corrected chi connectivity index (χ0v) is 14.3. The minimum Gasteiger partial charge on any atom is -0.350 e. The van der Waals surface area contributed by atoms with E-state index < -0.39 is 0 Å². The summed E-state index contributed by atoms with van der Waals surface area (Å²) in [6.45, 7) is 1.94.